The molecule has 98 valence electrons. The predicted octanol–water partition coefficient (Wildman–Crippen LogP) is 0.184. The summed E-state index contributed by atoms with van der Waals surface area (Å²) >= 11 is 0. The molecule has 0 atom stereocenters. The van der Waals surface area contributed by atoms with Crippen molar-refractivity contribution in [1.29, 1.82) is 0 Å². The Morgan fingerprint density at radius 3 is 2.83 bits per heavy atom. The van der Waals surface area contributed by atoms with Gasteiger partial charge in [0.05, 0.1) is 18.4 Å². The molecular formula is C10H15N5O2S. The van der Waals surface area contributed by atoms with E-state index < -0.39 is 10.0 Å². The van der Waals surface area contributed by atoms with Crippen molar-refractivity contribution in [3.05, 3.63) is 30.0 Å². The van der Waals surface area contributed by atoms with Gasteiger partial charge in [-0.25, -0.2) is 18.1 Å². The Balaban J connectivity index is 2.10. The van der Waals surface area contributed by atoms with E-state index in [0.29, 0.717) is 12.2 Å². The topological polar surface area (TPSA) is 92.7 Å². The number of nitrogens with zero attached hydrogens (tertiary/aromatic N) is 3. The van der Waals surface area contributed by atoms with E-state index in [9.17, 15) is 8.42 Å². The molecule has 0 fully saturated rings. The maximum Gasteiger partial charge on any atom is 0.257 e. The van der Waals surface area contributed by atoms with Gasteiger partial charge in [0.2, 0.25) is 0 Å². The lowest BCUT2D eigenvalue weighted by molar-refractivity contribution is 0.573. The maximum absolute atomic E-state index is 12.0. The Labute approximate surface area is 105 Å². The van der Waals surface area contributed by atoms with Crippen LogP contribution in [0.4, 0.5) is 0 Å². The fraction of sp³-hybridized carbons (Fsp3) is 0.400. The summed E-state index contributed by atoms with van der Waals surface area (Å²) in [5, 5.41) is 4.05. The van der Waals surface area contributed by atoms with Gasteiger partial charge in [0, 0.05) is 19.7 Å². The second-order valence-electron chi connectivity index (χ2n) is 3.82. The van der Waals surface area contributed by atoms with Gasteiger partial charge in [0.25, 0.3) is 10.0 Å². The SMILES string of the molecule is CCc1ncc(S(=O)(=O)NCc2ccnn2C)[nH]1. The fourth-order valence-corrected chi connectivity index (χ4v) is 2.42. The van der Waals surface area contributed by atoms with Crippen molar-refractivity contribution in [2.75, 3.05) is 0 Å². The van der Waals surface area contributed by atoms with Crippen molar-refractivity contribution in [2.24, 2.45) is 7.05 Å². The van der Waals surface area contributed by atoms with Crippen LogP contribution in [0.1, 0.15) is 18.4 Å². The van der Waals surface area contributed by atoms with Crippen LogP contribution in [0.5, 0.6) is 0 Å². The molecule has 0 bridgehead atoms. The highest BCUT2D eigenvalue weighted by atomic mass is 32.2. The smallest absolute Gasteiger partial charge is 0.257 e. The monoisotopic (exact) mass is 269 g/mol. The van der Waals surface area contributed by atoms with Crippen molar-refractivity contribution >= 4 is 10.0 Å². The van der Waals surface area contributed by atoms with Gasteiger partial charge in [-0.05, 0) is 6.07 Å². The molecule has 2 heterocycles. The Kier molecular flexibility index (Phi) is 3.48. The molecule has 2 rings (SSSR count). The first-order chi connectivity index (χ1) is 8.53. The van der Waals surface area contributed by atoms with Crippen LogP contribution < -0.4 is 4.72 Å². The number of nitrogens with one attached hydrogen (secondary N) is 2. The van der Waals surface area contributed by atoms with Gasteiger partial charge in [-0.3, -0.25) is 4.68 Å². The number of rotatable bonds is 5. The molecular weight excluding hydrogens is 254 g/mol. The van der Waals surface area contributed by atoms with Crippen LogP contribution in [0.2, 0.25) is 0 Å². The van der Waals surface area contributed by atoms with Gasteiger partial charge in [-0.2, -0.15) is 5.10 Å². The van der Waals surface area contributed by atoms with Crippen molar-refractivity contribution in [1.82, 2.24) is 24.5 Å². The van der Waals surface area contributed by atoms with Crippen molar-refractivity contribution in [3.63, 3.8) is 0 Å². The van der Waals surface area contributed by atoms with E-state index in [1.165, 1.54) is 6.20 Å². The zero-order valence-electron chi connectivity index (χ0n) is 10.2. The summed E-state index contributed by atoms with van der Waals surface area (Å²) in [4.78, 5) is 6.74. The third-order valence-electron chi connectivity index (χ3n) is 2.60. The van der Waals surface area contributed by atoms with Gasteiger partial charge in [-0.1, -0.05) is 6.92 Å². The predicted molar refractivity (Wildman–Crippen MR) is 65.2 cm³/mol. The summed E-state index contributed by atoms with van der Waals surface area (Å²) in [6.07, 6.45) is 3.61. The molecule has 0 spiro atoms. The normalized spacial score (nSPS) is 11.9. The number of aromatic amines is 1. The summed E-state index contributed by atoms with van der Waals surface area (Å²) in [5.74, 6) is 0.649. The molecule has 2 aromatic heterocycles. The largest absolute Gasteiger partial charge is 0.332 e. The van der Waals surface area contributed by atoms with E-state index in [4.69, 9.17) is 0 Å². The van der Waals surface area contributed by atoms with Crippen LogP contribution in [0, 0.1) is 0 Å². The molecule has 0 aliphatic rings. The molecule has 0 saturated heterocycles. The molecule has 7 nitrogen and oxygen atoms in total. The maximum atomic E-state index is 12.0. The number of sulfonamides is 1. The van der Waals surface area contributed by atoms with E-state index in [1.807, 2.05) is 6.92 Å². The molecule has 0 saturated carbocycles. The van der Waals surface area contributed by atoms with Crippen molar-refractivity contribution in [3.8, 4) is 0 Å². The van der Waals surface area contributed by atoms with Gasteiger partial charge < -0.3 is 4.98 Å². The highest BCUT2D eigenvalue weighted by Gasteiger charge is 2.17. The number of aromatic nitrogens is 4. The van der Waals surface area contributed by atoms with Crippen LogP contribution in [-0.4, -0.2) is 28.2 Å². The highest BCUT2D eigenvalue weighted by molar-refractivity contribution is 7.89. The fourth-order valence-electron chi connectivity index (χ4n) is 1.48. The third kappa shape index (κ3) is 2.59. The molecule has 0 aliphatic carbocycles. The van der Waals surface area contributed by atoms with E-state index in [2.05, 4.69) is 19.8 Å². The van der Waals surface area contributed by atoms with Gasteiger partial charge in [-0.15, -0.1) is 0 Å². The van der Waals surface area contributed by atoms with Crippen LogP contribution in [-0.2, 0) is 30.0 Å². The molecule has 18 heavy (non-hydrogen) atoms. The second kappa shape index (κ2) is 4.91. The Hall–Kier alpha value is -1.67. The summed E-state index contributed by atoms with van der Waals surface area (Å²) in [6, 6.07) is 1.76. The van der Waals surface area contributed by atoms with Crippen LogP contribution in [0.25, 0.3) is 0 Å². The lowest BCUT2D eigenvalue weighted by Crippen LogP contribution is -2.24. The minimum Gasteiger partial charge on any atom is -0.332 e. The van der Waals surface area contributed by atoms with Gasteiger partial charge in [0.1, 0.15) is 5.82 Å². The number of aryl methyl sites for hydroxylation is 2. The van der Waals surface area contributed by atoms with E-state index in [-0.39, 0.29) is 11.6 Å². The number of H-pyrrole nitrogens is 1. The summed E-state index contributed by atoms with van der Waals surface area (Å²) in [5.41, 5.74) is 0.786. The zero-order valence-corrected chi connectivity index (χ0v) is 11.0. The lowest BCUT2D eigenvalue weighted by Gasteiger charge is -2.04. The van der Waals surface area contributed by atoms with Crippen molar-refractivity contribution in [2.45, 2.75) is 24.9 Å². The van der Waals surface area contributed by atoms with Crippen LogP contribution >= 0.6 is 0 Å². The van der Waals surface area contributed by atoms with Crippen molar-refractivity contribution < 1.29 is 8.42 Å². The van der Waals surface area contributed by atoms with Gasteiger partial charge in [0.15, 0.2) is 5.03 Å². The summed E-state index contributed by atoms with van der Waals surface area (Å²) < 4.78 is 28.0. The van der Waals surface area contributed by atoms with Crippen LogP contribution in [0.15, 0.2) is 23.5 Å². The first-order valence-corrected chi connectivity index (χ1v) is 7.01. The highest BCUT2D eigenvalue weighted by Crippen LogP contribution is 2.07. The Morgan fingerprint density at radius 2 is 2.28 bits per heavy atom. The number of hydrogen-bond acceptors (Lipinski definition) is 4. The zero-order chi connectivity index (χ0) is 13.2. The van der Waals surface area contributed by atoms with Gasteiger partial charge >= 0.3 is 0 Å². The molecule has 0 radical (unpaired) electrons. The van der Waals surface area contributed by atoms with Crippen LogP contribution in [0.3, 0.4) is 0 Å². The first-order valence-electron chi connectivity index (χ1n) is 5.53. The molecule has 2 aromatic rings. The molecule has 0 unspecified atom stereocenters. The number of hydrogen-bond donors (Lipinski definition) is 2. The molecule has 0 aromatic carbocycles. The third-order valence-corrected chi connectivity index (χ3v) is 3.91. The summed E-state index contributed by atoms with van der Waals surface area (Å²) in [6.45, 7) is 2.09. The minimum absolute atomic E-state index is 0.0847. The molecule has 8 heteroatoms. The molecule has 0 amide bonds. The summed E-state index contributed by atoms with van der Waals surface area (Å²) in [7, 11) is -1.79. The van der Waals surface area contributed by atoms with E-state index >= 15 is 0 Å². The standard InChI is InChI=1S/C10H15N5O2S/c1-3-9-11-7-10(14-9)18(16,17)13-6-8-4-5-12-15(8)2/h4-5,7,13H,3,6H2,1-2H3,(H,11,14). The van der Waals surface area contributed by atoms with E-state index in [0.717, 1.165) is 5.69 Å². The second-order valence-corrected chi connectivity index (χ2v) is 5.55. The molecule has 2 N–H and O–H groups in total. The Bertz CT molecular complexity index is 628. The van der Waals surface area contributed by atoms with E-state index in [1.54, 1.807) is 24.0 Å². The quantitative estimate of drug-likeness (QED) is 0.810. The first kappa shape index (κ1) is 12.8. The molecule has 0 aliphatic heterocycles. The minimum atomic E-state index is -3.55. The number of imidazole rings is 1. The average Bonchev–Trinajstić information content (AvgIpc) is 2.95. The average molecular weight is 269 g/mol. The lowest BCUT2D eigenvalue weighted by atomic mass is 10.4. The Morgan fingerprint density at radius 1 is 1.50 bits per heavy atom.